The summed E-state index contributed by atoms with van der Waals surface area (Å²) in [4.78, 5) is 15.7. The second-order valence-corrected chi connectivity index (χ2v) is 7.94. The second-order valence-electron chi connectivity index (χ2n) is 7.94. The van der Waals surface area contributed by atoms with E-state index in [1.807, 2.05) is 0 Å². The Morgan fingerprint density at radius 1 is 1.17 bits per heavy atom. The number of hydroxylamine groups is 1. The first-order valence-corrected chi connectivity index (χ1v) is 9.51. The molecule has 2 fully saturated rings. The Morgan fingerprint density at radius 2 is 2.04 bits per heavy atom. The summed E-state index contributed by atoms with van der Waals surface area (Å²) < 4.78 is 0. The lowest BCUT2D eigenvalue weighted by atomic mass is 9.68. The van der Waals surface area contributed by atoms with Crippen LogP contribution in [0.4, 0.5) is 0 Å². The lowest BCUT2D eigenvalue weighted by Crippen LogP contribution is -2.51. The van der Waals surface area contributed by atoms with Crippen molar-refractivity contribution in [2.24, 2.45) is 5.41 Å². The average molecular weight is 328 g/mol. The number of hydrogen-bond acceptors (Lipinski definition) is 3. The average Bonchev–Trinajstić information content (AvgIpc) is 2.68. The summed E-state index contributed by atoms with van der Waals surface area (Å²) in [6.45, 7) is 1.45. The zero-order chi connectivity index (χ0) is 16.6. The van der Waals surface area contributed by atoms with Crippen LogP contribution in [0.1, 0.15) is 61.6 Å². The van der Waals surface area contributed by atoms with Gasteiger partial charge in [-0.15, -0.1) is 0 Å². The SMILES string of the molecule is O=C1N(C2CCC2)CCCCC12CCc1cc(CNO)ccc1C2. The quantitative estimate of drug-likeness (QED) is 0.838. The molecule has 4 rings (SSSR count). The molecule has 3 aliphatic rings. The Labute approximate surface area is 144 Å². The Kier molecular flexibility index (Phi) is 4.35. The van der Waals surface area contributed by atoms with Crippen molar-refractivity contribution in [2.75, 3.05) is 6.54 Å². The molecule has 1 amide bonds. The minimum absolute atomic E-state index is 0.157. The normalized spacial score (nSPS) is 27.7. The molecule has 130 valence electrons. The third-order valence-corrected chi connectivity index (χ3v) is 6.49. The first-order valence-electron chi connectivity index (χ1n) is 9.51. The van der Waals surface area contributed by atoms with Crippen molar-refractivity contribution in [1.29, 1.82) is 0 Å². The van der Waals surface area contributed by atoms with Crippen molar-refractivity contribution in [3.05, 3.63) is 34.9 Å². The van der Waals surface area contributed by atoms with Crippen LogP contribution in [-0.4, -0.2) is 28.6 Å². The topological polar surface area (TPSA) is 52.6 Å². The van der Waals surface area contributed by atoms with Crippen LogP contribution >= 0.6 is 0 Å². The number of rotatable bonds is 3. The number of hydrogen-bond donors (Lipinski definition) is 2. The summed E-state index contributed by atoms with van der Waals surface area (Å²) in [7, 11) is 0. The third kappa shape index (κ3) is 2.76. The number of likely N-dealkylation sites (tertiary alicyclic amines) is 1. The summed E-state index contributed by atoms with van der Waals surface area (Å²) >= 11 is 0. The van der Waals surface area contributed by atoms with Gasteiger partial charge in [-0.25, -0.2) is 5.48 Å². The van der Waals surface area contributed by atoms with Gasteiger partial charge in [0.05, 0.1) is 5.41 Å². The molecule has 0 radical (unpaired) electrons. The van der Waals surface area contributed by atoms with Gasteiger partial charge in [-0.1, -0.05) is 24.6 Å². The molecule has 1 saturated heterocycles. The molecular formula is C20H28N2O2. The standard InChI is InChI=1S/C20H28N2O2/c23-19-20(9-1-2-11-22(19)18-4-3-5-18)10-8-16-12-15(14-21-24)6-7-17(16)13-20/h6-7,12,18,21,24H,1-5,8-11,13-14H2. The van der Waals surface area contributed by atoms with Crippen LogP contribution < -0.4 is 5.48 Å². The Morgan fingerprint density at radius 3 is 2.79 bits per heavy atom. The molecule has 4 heteroatoms. The van der Waals surface area contributed by atoms with E-state index in [1.54, 1.807) is 0 Å². The summed E-state index contributed by atoms with van der Waals surface area (Å²) in [5.74, 6) is 0.441. The van der Waals surface area contributed by atoms with Crippen molar-refractivity contribution in [3.63, 3.8) is 0 Å². The Balaban J connectivity index is 1.59. The van der Waals surface area contributed by atoms with Gasteiger partial charge in [0.15, 0.2) is 0 Å². The molecule has 1 heterocycles. The van der Waals surface area contributed by atoms with E-state index in [9.17, 15) is 4.79 Å². The fourth-order valence-electron chi connectivity index (χ4n) is 4.81. The van der Waals surface area contributed by atoms with Gasteiger partial charge >= 0.3 is 0 Å². The maximum absolute atomic E-state index is 13.4. The highest BCUT2D eigenvalue weighted by Crippen LogP contribution is 2.44. The number of benzene rings is 1. The molecule has 1 unspecified atom stereocenters. The zero-order valence-corrected chi connectivity index (χ0v) is 14.4. The number of carbonyl (C=O) groups excluding carboxylic acids is 1. The predicted octanol–water partition coefficient (Wildman–Crippen LogP) is 3.21. The van der Waals surface area contributed by atoms with Crippen molar-refractivity contribution in [1.82, 2.24) is 10.4 Å². The van der Waals surface area contributed by atoms with E-state index in [4.69, 9.17) is 5.21 Å². The molecule has 2 aliphatic carbocycles. The van der Waals surface area contributed by atoms with Crippen LogP contribution in [0.3, 0.4) is 0 Å². The fourth-order valence-corrected chi connectivity index (χ4v) is 4.81. The number of aryl methyl sites for hydroxylation is 1. The lowest BCUT2D eigenvalue weighted by molar-refractivity contribution is -0.146. The van der Waals surface area contributed by atoms with Gasteiger partial charge in [-0.05, 0) is 68.1 Å². The van der Waals surface area contributed by atoms with Crippen LogP contribution in [-0.2, 0) is 24.2 Å². The summed E-state index contributed by atoms with van der Waals surface area (Å²) in [6.07, 6.45) is 9.95. The van der Waals surface area contributed by atoms with Crippen molar-refractivity contribution in [3.8, 4) is 0 Å². The van der Waals surface area contributed by atoms with Gasteiger partial charge in [0.2, 0.25) is 5.91 Å². The van der Waals surface area contributed by atoms with Crippen molar-refractivity contribution in [2.45, 2.75) is 70.4 Å². The van der Waals surface area contributed by atoms with Gasteiger partial charge in [0.1, 0.15) is 0 Å². The fraction of sp³-hybridized carbons (Fsp3) is 0.650. The van der Waals surface area contributed by atoms with Gasteiger partial charge in [-0.2, -0.15) is 0 Å². The number of carbonyl (C=O) groups is 1. The van der Waals surface area contributed by atoms with Crippen molar-refractivity contribution >= 4 is 5.91 Å². The highest BCUT2D eigenvalue weighted by molar-refractivity contribution is 5.84. The molecule has 1 aliphatic heterocycles. The predicted molar refractivity (Wildman–Crippen MR) is 92.7 cm³/mol. The van der Waals surface area contributed by atoms with E-state index in [0.29, 0.717) is 18.5 Å². The molecule has 0 aromatic heterocycles. The molecule has 24 heavy (non-hydrogen) atoms. The number of fused-ring (bicyclic) bond motifs is 1. The Bertz CT molecular complexity index is 626. The van der Waals surface area contributed by atoms with Gasteiger partial charge in [0, 0.05) is 19.1 Å². The first-order chi connectivity index (χ1) is 11.7. The molecule has 4 nitrogen and oxygen atoms in total. The first kappa shape index (κ1) is 16.1. The van der Waals surface area contributed by atoms with Crippen LogP contribution in [0.5, 0.6) is 0 Å². The highest BCUT2D eigenvalue weighted by atomic mass is 16.5. The second kappa shape index (κ2) is 6.49. The number of nitrogens with one attached hydrogen (secondary N) is 1. The van der Waals surface area contributed by atoms with E-state index >= 15 is 0 Å². The minimum Gasteiger partial charge on any atom is -0.339 e. The third-order valence-electron chi connectivity index (χ3n) is 6.49. The van der Waals surface area contributed by atoms with Crippen molar-refractivity contribution < 1.29 is 10.0 Å². The van der Waals surface area contributed by atoms with E-state index in [2.05, 4.69) is 28.6 Å². The molecule has 1 aromatic rings. The molecule has 1 atom stereocenters. The molecule has 1 saturated carbocycles. The molecule has 1 spiro atoms. The minimum atomic E-state index is -0.157. The molecule has 2 N–H and O–H groups in total. The maximum Gasteiger partial charge on any atom is 0.229 e. The largest absolute Gasteiger partial charge is 0.339 e. The number of nitrogens with zero attached hydrogens (tertiary/aromatic N) is 1. The lowest BCUT2D eigenvalue weighted by Gasteiger charge is -2.44. The van der Waals surface area contributed by atoms with E-state index in [-0.39, 0.29) is 5.41 Å². The van der Waals surface area contributed by atoms with Gasteiger partial charge in [-0.3, -0.25) is 4.79 Å². The van der Waals surface area contributed by atoms with E-state index in [1.165, 1.54) is 36.8 Å². The summed E-state index contributed by atoms with van der Waals surface area (Å²) in [6, 6.07) is 6.96. The van der Waals surface area contributed by atoms with Crippen LogP contribution in [0.15, 0.2) is 18.2 Å². The highest BCUT2D eigenvalue weighted by Gasteiger charge is 2.46. The Hall–Kier alpha value is -1.39. The molecular weight excluding hydrogens is 300 g/mol. The molecule has 0 bridgehead atoms. The van der Waals surface area contributed by atoms with Gasteiger partial charge < -0.3 is 10.1 Å². The molecule has 1 aromatic carbocycles. The van der Waals surface area contributed by atoms with Crippen LogP contribution in [0, 0.1) is 5.41 Å². The van der Waals surface area contributed by atoms with Crippen LogP contribution in [0.25, 0.3) is 0 Å². The monoisotopic (exact) mass is 328 g/mol. The van der Waals surface area contributed by atoms with E-state index < -0.39 is 0 Å². The zero-order valence-electron chi connectivity index (χ0n) is 14.4. The van der Waals surface area contributed by atoms with Crippen LogP contribution in [0.2, 0.25) is 0 Å². The maximum atomic E-state index is 13.4. The summed E-state index contributed by atoms with van der Waals surface area (Å²) in [5.41, 5.74) is 5.88. The smallest absolute Gasteiger partial charge is 0.229 e. The summed E-state index contributed by atoms with van der Waals surface area (Å²) in [5, 5.41) is 8.90. The number of amides is 1. The van der Waals surface area contributed by atoms with Gasteiger partial charge in [0.25, 0.3) is 0 Å². The van der Waals surface area contributed by atoms with E-state index in [0.717, 1.165) is 44.2 Å².